The van der Waals surface area contributed by atoms with E-state index in [1.165, 1.54) is 12.1 Å². The van der Waals surface area contributed by atoms with Crippen LogP contribution in [0.2, 0.25) is 0 Å². The van der Waals surface area contributed by atoms with Crippen LogP contribution in [0.25, 0.3) is 0 Å². The Morgan fingerprint density at radius 1 is 1.31 bits per heavy atom. The van der Waals surface area contributed by atoms with Crippen molar-refractivity contribution in [3.05, 3.63) is 35.6 Å². The van der Waals surface area contributed by atoms with Crippen molar-refractivity contribution >= 4 is 5.78 Å². The van der Waals surface area contributed by atoms with E-state index in [-0.39, 0.29) is 22.4 Å². The van der Waals surface area contributed by atoms with Crippen molar-refractivity contribution < 1.29 is 9.18 Å². The number of ketones is 1. The molecular weight excluding hydrogens is 203 g/mol. The molecule has 16 heavy (non-hydrogen) atoms. The number of hydrogen-bond donors (Lipinski definition) is 0. The summed E-state index contributed by atoms with van der Waals surface area (Å²) < 4.78 is 12.9. The van der Waals surface area contributed by atoms with Gasteiger partial charge in [0.05, 0.1) is 5.41 Å². The highest BCUT2D eigenvalue weighted by atomic mass is 19.1. The van der Waals surface area contributed by atoms with Gasteiger partial charge in [-0.25, -0.2) is 4.39 Å². The number of halogens is 1. The maximum atomic E-state index is 12.9. The first kappa shape index (κ1) is 11.3. The number of rotatable bonds is 3. The molecule has 0 saturated heterocycles. The molecule has 86 valence electrons. The fraction of sp³-hybridized carbons (Fsp3) is 0.500. The minimum atomic E-state index is -0.366. The molecule has 0 bridgehead atoms. The van der Waals surface area contributed by atoms with Gasteiger partial charge in [0.2, 0.25) is 0 Å². The first-order valence-electron chi connectivity index (χ1n) is 5.73. The lowest BCUT2D eigenvalue weighted by atomic mass is 9.83. The minimum absolute atomic E-state index is 0.0118. The molecule has 1 atom stereocenters. The Hall–Kier alpha value is -1.18. The summed E-state index contributed by atoms with van der Waals surface area (Å²) in [5.74, 6) is 0.0189. The van der Waals surface area contributed by atoms with Crippen molar-refractivity contribution in [1.29, 1.82) is 0 Å². The van der Waals surface area contributed by atoms with Gasteiger partial charge in [-0.05, 0) is 29.5 Å². The molecule has 1 aromatic rings. The second-order valence-electron chi connectivity index (χ2n) is 5.25. The van der Waals surface area contributed by atoms with Crippen LogP contribution in [0, 0.1) is 11.2 Å². The summed E-state index contributed by atoms with van der Waals surface area (Å²) in [7, 11) is 0. The lowest BCUT2D eigenvalue weighted by Gasteiger charge is -2.19. The molecule has 0 radical (unpaired) electrons. The minimum Gasteiger partial charge on any atom is -0.299 e. The van der Waals surface area contributed by atoms with Gasteiger partial charge < -0.3 is 0 Å². The van der Waals surface area contributed by atoms with Gasteiger partial charge in [0.25, 0.3) is 0 Å². The third-order valence-corrected chi connectivity index (χ3v) is 3.87. The molecular formula is C14H17FO. The first-order valence-corrected chi connectivity index (χ1v) is 5.73. The highest BCUT2D eigenvalue weighted by Crippen LogP contribution is 2.65. The van der Waals surface area contributed by atoms with Crippen LogP contribution >= 0.6 is 0 Å². The molecule has 0 aliphatic heterocycles. The Labute approximate surface area is 95.7 Å². The zero-order valence-corrected chi connectivity index (χ0v) is 10.0. The molecule has 0 aromatic heterocycles. The van der Waals surface area contributed by atoms with E-state index in [2.05, 4.69) is 13.8 Å². The Bertz CT molecular complexity index is 419. The van der Waals surface area contributed by atoms with Crippen LogP contribution in [-0.2, 0) is 10.2 Å². The van der Waals surface area contributed by atoms with Crippen molar-refractivity contribution in [3.63, 3.8) is 0 Å². The van der Waals surface area contributed by atoms with Crippen LogP contribution in [0.5, 0.6) is 0 Å². The van der Waals surface area contributed by atoms with E-state index in [9.17, 15) is 9.18 Å². The summed E-state index contributed by atoms with van der Waals surface area (Å²) in [5.41, 5.74) is 0.610. The van der Waals surface area contributed by atoms with Crippen LogP contribution in [0.3, 0.4) is 0 Å². The summed E-state index contributed by atoms with van der Waals surface area (Å²) in [4.78, 5) is 12.1. The summed E-state index contributed by atoms with van der Waals surface area (Å²) in [5, 5.41) is 0. The number of carbonyl (C=O) groups is 1. The number of benzene rings is 1. The highest BCUT2D eigenvalue weighted by Gasteiger charge is 2.65. The van der Waals surface area contributed by atoms with Crippen LogP contribution < -0.4 is 0 Å². The maximum Gasteiger partial charge on any atom is 0.143 e. The summed E-state index contributed by atoms with van der Waals surface area (Å²) in [6.45, 7) is 6.09. The normalized spacial score (nSPS) is 26.5. The Morgan fingerprint density at radius 3 is 2.19 bits per heavy atom. The van der Waals surface area contributed by atoms with E-state index in [4.69, 9.17) is 0 Å². The molecule has 1 aromatic carbocycles. The summed E-state index contributed by atoms with van der Waals surface area (Å²) >= 11 is 0. The number of Topliss-reactive ketones (excluding diaryl/α,β-unsaturated/α-hetero) is 1. The van der Waals surface area contributed by atoms with Crippen molar-refractivity contribution in [2.75, 3.05) is 0 Å². The van der Waals surface area contributed by atoms with E-state index in [0.29, 0.717) is 6.42 Å². The standard InChI is InChI=1S/C14H17FO/c1-4-12(16)14(9-13(14,2)3)10-5-7-11(15)8-6-10/h5-8H,4,9H2,1-3H3. The van der Waals surface area contributed by atoms with Crippen molar-refractivity contribution in [3.8, 4) is 0 Å². The van der Waals surface area contributed by atoms with Gasteiger partial charge in [0, 0.05) is 6.42 Å². The van der Waals surface area contributed by atoms with E-state index in [1.54, 1.807) is 12.1 Å². The largest absolute Gasteiger partial charge is 0.299 e. The summed E-state index contributed by atoms with van der Waals surface area (Å²) in [6.07, 6.45) is 1.42. The van der Waals surface area contributed by atoms with Gasteiger partial charge in [0.1, 0.15) is 11.6 Å². The van der Waals surface area contributed by atoms with Crippen molar-refractivity contribution in [2.24, 2.45) is 5.41 Å². The van der Waals surface area contributed by atoms with Gasteiger partial charge >= 0.3 is 0 Å². The first-order chi connectivity index (χ1) is 7.44. The summed E-state index contributed by atoms with van der Waals surface area (Å²) in [6, 6.07) is 6.37. The fourth-order valence-electron chi connectivity index (χ4n) is 2.78. The van der Waals surface area contributed by atoms with Gasteiger partial charge in [-0.2, -0.15) is 0 Å². The zero-order valence-electron chi connectivity index (χ0n) is 10.0. The molecule has 1 aliphatic carbocycles. The van der Waals surface area contributed by atoms with Crippen LogP contribution in [0.1, 0.15) is 39.2 Å². The molecule has 0 heterocycles. The smallest absolute Gasteiger partial charge is 0.143 e. The molecule has 1 aliphatic rings. The SMILES string of the molecule is CCC(=O)C1(c2ccc(F)cc2)CC1(C)C. The Morgan fingerprint density at radius 2 is 1.81 bits per heavy atom. The maximum absolute atomic E-state index is 12.9. The molecule has 2 rings (SSSR count). The molecule has 1 unspecified atom stereocenters. The van der Waals surface area contributed by atoms with E-state index < -0.39 is 0 Å². The lowest BCUT2D eigenvalue weighted by molar-refractivity contribution is -0.122. The molecule has 1 fully saturated rings. The van der Waals surface area contributed by atoms with Crippen molar-refractivity contribution in [2.45, 2.75) is 39.0 Å². The average Bonchev–Trinajstić information content (AvgIpc) is 2.83. The number of hydrogen-bond acceptors (Lipinski definition) is 1. The zero-order chi connectivity index (χ0) is 12.0. The van der Waals surface area contributed by atoms with Gasteiger partial charge in [-0.1, -0.05) is 32.9 Å². The lowest BCUT2D eigenvalue weighted by Crippen LogP contribution is -2.25. The molecule has 0 spiro atoms. The Balaban J connectivity index is 2.43. The van der Waals surface area contributed by atoms with Gasteiger partial charge in [-0.3, -0.25) is 4.79 Å². The predicted octanol–water partition coefficient (Wildman–Crippen LogP) is 3.47. The van der Waals surface area contributed by atoms with Gasteiger partial charge in [0.15, 0.2) is 0 Å². The predicted molar refractivity (Wildman–Crippen MR) is 61.8 cm³/mol. The Kier molecular flexibility index (Phi) is 2.41. The van der Waals surface area contributed by atoms with Crippen LogP contribution in [0.15, 0.2) is 24.3 Å². The fourth-order valence-corrected chi connectivity index (χ4v) is 2.78. The van der Waals surface area contributed by atoms with E-state index in [0.717, 1.165) is 12.0 Å². The van der Waals surface area contributed by atoms with Crippen LogP contribution in [-0.4, -0.2) is 5.78 Å². The quantitative estimate of drug-likeness (QED) is 0.762. The second-order valence-corrected chi connectivity index (χ2v) is 5.25. The third kappa shape index (κ3) is 1.40. The second kappa shape index (κ2) is 3.41. The average molecular weight is 220 g/mol. The van der Waals surface area contributed by atoms with E-state index in [1.807, 2.05) is 6.92 Å². The number of carbonyl (C=O) groups excluding carboxylic acids is 1. The monoisotopic (exact) mass is 220 g/mol. The molecule has 0 N–H and O–H groups in total. The molecule has 0 amide bonds. The topological polar surface area (TPSA) is 17.1 Å². The van der Waals surface area contributed by atoms with E-state index >= 15 is 0 Å². The van der Waals surface area contributed by atoms with Crippen LogP contribution in [0.4, 0.5) is 4.39 Å². The molecule has 2 heteroatoms. The highest BCUT2D eigenvalue weighted by molar-refractivity contribution is 5.94. The van der Waals surface area contributed by atoms with Crippen molar-refractivity contribution in [1.82, 2.24) is 0 Å². The van der Waals surface area contributed by atoms with Gasteiger partial charge in [-0.15, -0.1) is 0 Å². The molecule has 1 saturated carbocycles. The molecule has 1 nitrogen and oxygen atoms in total. The third-order valence-electron chi connectivity index (χ3n) is 3.87.